The van der Waals surface area contributed by atoms with E-state index in [-0.39, 0.29) is 0 Å². The van der Waals surface area contributed by atoms with Crippen LogP contribution in [0.5, 0.6) is 0 Å². The number of rotatable bonds is 3. The Kier molecular flexibility index (Phi) is 6.27. The molecule has 28 heavy (non-hydrogen) atoms. The van der Waals surface area contributed by atoms with Gasteiger partial charge in [-0.2, -0.15) is 13.2 Å². The van der Waals surface area contributed by atoms with E-state index in [9.17, 15) is 35.9 Å². The van der Waals surface area contributed by atoms with Crippen LogP contribution in [0.2, 0.25) is 0 Å². The largest absolute Gasteiger partial charge is 0.446 e. The summed E-state index contributed by atoms with van der Waals surface area (Å²) in [4.78, 5) is 25.3. The van der Waals surface area contributed by atoms with Gasteiger partial charge in [-0.15, -0.1) is 0 Å². The SMILES string of the molecule is CN(C(=O)c1cccc(F)c1F)C(=O)N(C)c1ccc(SC(F)(F)F)cc1F. The molecule has 0 bridgehead atoms. The molecule has 150 valence electrons. The van der Waals surface area contributed by atoms with E-state index >= 15 is 0 Å². The van der Waals surface area contributed by atoms with Gasteiger partial charge in [0.15, 0.2) is 11.6 Å². The number of amides is 3. The van der Waals surface area contributed by atoms with E-state index in [4.69, 9.17) is 0 Å². The molecule has 0 aliphatic rings. The molecule has 0 atom stereocenters. The molecule has 0 saturated carbocycles. The predicted molar refractivity (Wildman–Crippen MR) is 90.6 cm³/mol. The number of benzene rings is 2. The van der Waals surface area contributed by atoms with E-state index in [0.29, 0.717) is 15.9 Å². The summed E-state index contributed by atoms with van der Waals surface area (Å²) in [6, 6.07) is 4.19. The summed E-state index contributed by atoms with van der Waals surface area (Å²) in [5, 5.41) is 0. The Morgan fingerprint density at radius 3 is 2.18 bits per heavy atom. The van der Waals surface area contributed by atoms with Crippen molar-refractivity contribution < 1.29 is 35.9 Å². The average Bonchev–Trinajstić information content (AvgIpc) is 2.60. The second-order valence-electron chi connectivity index (χ2n) is 5.47. The van der Waals surface area contributed by atoms with Gasteiger partial charge in [-0.1, -0.05) is 6.07 Å². The van der Waals surface area contributed by atoms with Gasteiger partial charge in [0.2, 0.25) is 0 Å². The number of imide groups is 1. The van der Waals surface area contributed by atoms with Gasteiger partial charge in [0.1, 0.15) is 5.82 Å². The Hall–Kier alpha value is -2.69. The van der Waals surface area contributed by atoms with Crippen molar-refractivity contribution >= 4 is 29.4 Å². The summed E-state index contributed by atoms with van der Waals surface area (Å²) in [7, 11) is 2.04. The number of hydrogen-bond acceptors (Lipinski definition) is 3. The van der Waals surface area contributed by atoms with Crippen LogP contribution >= 0.6 is 11.8 Å². The molecule has 0 aromatic heterocycles. The molecule has 4 nitrogen and oxygen atoms in total. The first-order valence-corrected chi connectivity index (χ1v) is 8.29. The zero-order valence-electron chi connectivity index (χ0n) is 14.4. The number of urea groups is 1. The molecule has 2 aromatic carbocycles. The maximum atomic E-state index is 14.2. The highest BCUT2D eigenvalue weighted by Gasteiger charge is 2.30. The van der Waals surface area contributed by atoms with Crippen LogP contribution in [0.25, 0.3) is 0 Å². The van der Waals surface area contributed by atoms with Gasteiger partial charge in [-0.25, -0.2) is 18.0 Å². The second-order valence-corrected chi connectivity index (χ2v) is 6.61. The fraction of sp³-hybridized carbons (Fsp3) is 0.176. The minimum Gasteiger partial charge on any atom is -0.294 e. The monoisotopic (exact) mass is 422 g/mol. The maximum Gasteiger partial charge on any atom is 0.446 e. The molecule has 0 fully saturated rings. The van der Waals surface area contributed by atoms with Crippen LogP contribution in [-0.2, 0) is 0 Å². The van der Waals surface area contributed by atoms with Crippen LogP contribution in [0.3, 0.4) is 0 Å². The quantitative estimate of drug-likeness (QED) is 0.514. The highest BCUT2D eigenvalue weighted by atomic mass is 32.2. The number of carbonyl (C=O) groups excluding carboxylic acids is 2. The Morgan fingerprint density at radius 1 is 0.964 bits per heavy atom. The molecule has 0 aliphatic carbocycles. The number of hydrogen-bond donors (Lipinski definition) is 0. The average molecular weight is 422 g/mol. The van der Waals surface area contributed by atoms with Gasteiger partial charge >= 0.3 is 11.5 Å². The molecular weight excluding hydrogens is 410 g/mol. The van der Waals surface area contributed by atoms with Crippen LogP contribution in [0.15, 0.2) is 41.3 Å². The van der Waals surface area contributed by atoms with E-state index in [1.807, 2.05) is 0 Å². The number of alkyl halides is 3. The molecule has 0 unspecified atom stereocenters. The summed E-state index contributed by atoms with van der Waals surface area (Å²) in [6.45, 7) is 0. The third-order valence-corrected chi connectivity index (χ3v) is 4.30. The van der Waals surface area contributed by atoms with E-state index < -0.39 is 62.8 Å². The van der Waals surface area contributed by atoms with Crippen molar-refractivity contribution in [3.05, 3.63) is 59.4 Å². The number of anilines is 1. The molecule has 0 spiro atoms. The van der Waals surface area contributed by atoms with E-state index in [2.05, 4.69) is 0 Å². The van der Waals surface area contributed by atoms with Crippen molar-refractivity contribution in [2.24, 2.45) is 0 Å². The van der Waals surface area contributed by atoms with Crippen molar-refractivity contribution in [3.8, 4) is 0 Å². The van der Waals surface area contributed by atoms with Crippen molar-refractivity contribution in [1.82, 2.24) is 4.90 Å². The molecule has 0 radical (unpaired) electrons. The normalized spacial score (nSPS) is 11.3. The summed E-state index contributed by atoms with van der Waals surface area (Å²) in [5.41, 5.74) is -5.73. The van der Waals surface area contributed by atoms with E-state index in [1.54, 1.807) is 0 Å². The lowest BCUT2D eigenvalue weighted by atomic mass is 10.2. The molecule has 3 amide bonds. The van der Waals surface area contributed by atoms with Crippen LogP contribution in [0, 0.1) is 17.5 Å². The highest BCUT2D eigenvalue weighted by molar-refractivity contribution is 8.00. The number of halogens is 6. The Labute approximate surface area is 159 Å². The topological polar surface area (TPSA) is 40.6 Å². The van der Waals surface area contributed by atoms with Crippen molar-refractivity contribution in [2.45, 2.75) is 10.4 Å². The Balaban J connectivity index is 2.24. The minimum absolute atomic E-state index is 0.407. The first-order valence-electron chi connectivity index (χ1n) is 7.47. The van der Waals surface area contributed by atoms with Crippen molar-refractivity contribution in [3.63, 3.8) is 0 Å². The molecular formula is C17H12F6N2O2S. The molecule has 0 saturated heterocycles. The number of thioether (sulfide) groups is 1. The smallest absolute Gasteiger partial charge is 0.294 e. The van der Waals surface area contributed by atoms with Crippen LogP contribution in [0.1, 0.15) is 10.4 Å². The lowest BCUT2D eigenvalue weighted by molar-refractivity contribution is -0.0328. The van der Waals surface area contributed by atoms with Gasteiger partial charge in [0.05, 0.1) is 11.3 Å². The zero-order valence-corrected chi connectivity index (χ0v) is 15.2. The summed E-state index contributed by atoms with van der Waals surface area (Å²) in [5.74, 6) is -5.06. The number of carbonyl (C=O) groups is 2. The molecule has 0 N–H and O–H groups in total. The van der Waals surface area contributed by atoms with Gasteiger partial charge in [-0.3, -0.25) is 14.6 Å². The van der Waals surface area contributed by atoms with Crippen molar-refractivity contribution in [2.75, 3.05) is 19.0 Å². The fourth-order valence-electron chi connectivity index (χ4n) is 2.22. The van der Waals surface area contributed by atoms with Crippen molar-refractivity contribution in [1.29, 1.82) is 0 Å². The number of nitrogens with zero attached hydrogens (tertiary/aromatic N) is 2. The maximum absolute atomic E-state index is 14.2. The van der Waals surface area contributed by atoms with Gasteiger partial charge < -0.3 is 0 Å². The predicted octanol–water partition coefficient (Wildman–Crippen LogP) is 5.04. The fourth-order valence-corrected chi connectivity index (χ4v) is 2.79. The first kappa shape index (κ1) is 21.6. The summed E-state index contributed by atoms with van der Waals surface area (Å²) in [6.07, 6.45) is 0. The summed E-state index contributed by atoms with van der Waals surface area (Å²) >= 11 is -0.530. The van der Waals surface area contributed by atoms with Gasteiger partial charge in [0.25, 0.3) is 5.91 Å². The van der Waals surface area contributed by atoms with E-state index in [1.165, 1.54) is 0 Å². The zero-order chi connectivity index (χ0) is 21.2. The van der Waals surface area contributed by atoms with Gasteiger partial charge in [0, 0.05) is 19.0 Å². The van der Waals surface area contributed by atoms with Crippen LogP contribution in [-0.4, -0.2) is 36.4 Å². The minimum atomic E-state index is -4.61. The summed E-state index contributed by atoms with van der Waals surface area (Å²) < 4.78 is 78.2. The third-order valence-electron chi connectivity index (χ3n) is 3.57. The molecule has 2 rings (SSSR count). The first-order chi connectivity index (χ1) is 12.9. The Morgan fingerprint density at radius 2 is 1.61 bits per heavy atom. The van der Waals surface area contributed by atoms with Crippen LogP contribution in [0.4, 0.5) is 36.8 Å². The molecule has 0 heterocycles. The molecule has 2 aromatic rings. The lowest BCUT2D eigenvalue weighted by Gasteiger charge is -2.24. The second kappa shape index (κ2) is 8.13. The lowest BCUT2D eigenvalue weighted by Crippen LogP contribution is -2.43. The van der Waals surface area contributed by atoms with Gasteiger partial charge in [-0.05, 0) is 42.1 Å². The Bertz CT molecular complexity index is 919. The van der Waals surface area contributed by atoms with E-state index in [0.717, 1.165) is 44.4 Å². The molecule has 11 heteroatoms. The highest BCUT2D eigenvalue weighted by Crippen LogP contribution is 2.38. The standard InChI is InChI=1S/C17H12F6N2O2S/c1-24(13-7-6-9(8-12(13)19)28-17(21,22)23)16(27)25(2)15(26)10-4-3-5-11(18)14(10)20/h3-8H,1-2H3. The van der Waals surface area contributed by atoms with Crippen LogP contribution < -0.4 is 4.90 Å². The third kappa shape index (κ3) is 4.77. The molecule has 0 aliphatic heterocycles.